The highest BCUT2D eigenvalue weighted by Gasteiger charge is 2.25. The first-order chi connectivity index (χ1) is 9.01. The van der Waals surface area contributed by atoms with Gasteiger partial charge < -0.3 is 15.8 Å². The summed E-state index contributed by atoms with van der Waals surface area (Å²) in [5, 5.41) is 3.39. The Bertz CT molecular complexity index is 434. The number of anilines is 2. The van der Waals surface area contributed by atoms with Gasteiger partial charge in [-0.1, -0.05) is 20.8 Å². The Morgan fingerprint density at radius 3 is 2.37 bits per heavy atom. The van der Waals surface area contributed by atoms with E-state index in [4.69, 9.17) is 5.73 Å². The van der Waals surface area contributed by atoms with Crippen molar-refractivity contribution in [3.63, 3.8) is 0 Å². The zero-order valence-corrected chi connectivity index (χ0v) is 12.1. The van der Waals surface area contributed by atoms with Gasteiger partial charge in [-0.05, 0) is 31.4 Å². The van der Waals surface area contributed by atoms with E-state index >= 15 is 0 Å². The lowest BCUT2D eigenvalue weighted by Crippen LogP contribution is -2.37. The number of pyridine rings is 1. The maximum absolute atomic E-state index is 11.5. The van der Waals surface area contributed by atoms with Crippen molar-refractivity contribution >= 4 is 17.5 Å². The molecule has 0 saturated heterocycles. The molecule has 1 rings (SSSR count). The molecule has 0 amide bonds. The maximum atomic E-state index is 11.5. The number of nitrogens with two attached hydrogens (primary N) is 1. The summed E-state index contributed by atoms with van der Waals surface area (Å²) in [7, 11) is 1.34. The van der Waals surface area contributed by atoms with E-state index < -0.39 is 5.97 Å². The fourth-order valence-corrected chi connectivity index (χ4v) is 2.05. The first-order valence-corrected chi connectivity index (χ1v) is 6.65. The third kappa shape index (κ3) is 3.36. The monoisotopic (exact) mass is 265 g/mol. The van der Waals surface area contributed by atoms with Crippen LogP contribution in [0.25, 0.3) is 0 Å². The highest BCUT2D eigenvalue weighted by molar-refractivity contribution is 5.88. The number of hydrogen-bond acceptors (Lipinski definition) is 5. The summed E-state index contributed by atoms with van der Waals surface area (Å²) in [6.07, 6.45) is 2.89. The first kappa shape index (κ1) is 15.3. The second-order valence-corrected chi connectivity index (χ2v) is 4.59. The number of carbonyl (C=O) groups excluding carboxylic acids is 1. The van der Waals surface area contributed by atoms with Gasteiger partial charge in [0.25, 0.3) is 0 Å². The molecular formula is C14H23N3O2. The van der Waals surface area contributed by atoms with Crippen LogP contribution >= 0.6 is 0 Å². The molecule has 0 aromatic carbocycles. The topological polar surface area (TPSA) is 77.2 Å². The zero-order chi connectivity index (χ0) is 14.5. The Morgan fingerprint density at radius 2 is 1.89 bits per heavy atom. The van der Waals surface area contributed by atoms with Crippen LogP contribution in [0.2, 0.25) is 0 Å². The van der Waals surface area contributed by atoms with Crippen LogP contribution in [0.1, 0.15) is 50.5 Å². The highest BCUT2D eigenvalue weighted by atomic mass is 16.5. The van der Waals surface area contributed by atoms with Crippen molar-refractivity contribution in [1.82, 2.24) is 4.98 Å². The smallest absolute Gasteiger partial charge is 0.356 e. The van der Waals surface area contributed by atoms with Gasteiger partial charge in [0.15, 0.2) is 11.5 Å². The zero-order valence-electron chi connectivity index (χ0n) is 12.1. The van der Waals surface area contributed by atoms with Gasteiger partial charge in [0.1, 0.15) is 0 Å². The normalized spacial score (nSPS) is 11.2. The molecule has 1 aromatic rings. The lowest BCUT2D eigenvalue weighted by Gasteiger charge is -2.32. The van der Waals surface area contributed by atoms with Crippen molar-refractivity contribution in [1.29, 1.82) is 0 Å². The highest BCUT2D eigenvalue weighted by Crippen LogP contribution is 2.27. The fourth-order valence-electron chi connectivity index (χ4n) is 2.05. The van der Waals surface area contributed by atoms with E-state index in [2.05, 4.69) is 35.8 Å². The lowest BCUT2D eigenvalue weighted by molar-refractivity contribution is 0.0594. The summed E-state index contributed by atoms with van der Waals surface area (Å²) in [5.41, 5.74) is 6.67. The molecule has 5 heteroatoms. The van der Waals surface area contributed by atoms with Crippen LogP contribution in [0, 0.1) is 0 Å². The minimum absolute atomic E-state index is 0.0458. The maximum Gasteiger partial charge on any atom is 0.356 e. The Hall–Kier alpha value is -1.78. The number of aromatic nitrogens is 1. The first-order valence-electron chi connectivity index (χ1n) is 6.65. The minimum atomic E-state index is -0.460. The molecule has 0 aliphatic heterocycles. The molecular weight excluding hydrogens is 242 g/mol. The molecule has 0 aliphatic rings. The van der Waals surface area contributed by atoms with Crippen LogP contribution in [-0.2, 0) is 4.74 Å². The lowest BCUT2D eigenvalue weighted by atomic mass is 9.90. The van der Waals surface area contributed by atoms with E-state index in [-0.39, 0.29) is 11.2 Å². The fraction of sp³-hybridized carbons (Fsp3) is 0.571. The van der Waals surface area contributed by atoms with Crippen LogP contribution in [0.3, 0.4) is 0 Å². The molecule has 106 valence electrons. The van der Waals surface area contributed by atoms with Crippen LogP contribution in [0.4, 0.5) is 11.5 Å². The number of esters is 1. The van der Waals surface area contributed by atoms with Gasteiger partial charge in [-0.2, -0.15) is 0 Å². The van der Waals surface area contributed by atoms with E-state index in [9.17, 15) is 4.79 Å². The van der Waals surface area contributed by atoms with Crippen molar-refractivity contribution < 1.29 is 9.53 Å². The van der Waals surface area contributed by atoms with Gasteiger partial charge in [-0.15, -0.1) is 0 Å². The summed E-state index contributed by atoms with van der Waals surface area (Å²) in [4.78, 5) is 15.8. The molecule has 0 unspecified atom stereocenters. The molecule has 0 spiro atoms. The standard InChI is InChI=1S/C14H23N3O2/c1-5-14(6-2,7-3)17-12-10(15)8-9-11(16-12)13(18)19-4/h8-9H,5-7,15H2,1-4H3,(H,16,17). The van der Waals surface area contributed by atoms with Crippen LogP contribution in [0.5, 0.6) is 0 Å². The van der Waals surface area contributed by atoms with Crippen LogP contribution in [0.15, 0.2) is 12.1 Å². The van der Waals surface area contributed by atoms with Crippen molar-refractivity contribution in [2.45, 2.75) is 45.6 Å². The van der Waals surface area contributed by atoms with E-state index in [1.54, 1.807) is 12.1 Å². The third-order valence-corrected chi connectivity index (χ3v) is 3.73. The number of rotatable bonds is 6. The summed E-state index contributed by atoms with van der Waals surface area (Å²) in [6.45, 7) is 6.38. The number of methoxy groups -OCH3 is 1. The number of nitrogen functional groups attached to an aromatic ring is 1. The van der Waals surface area contributed by atoms with Crippen molar-refractivity contribution in [3.8, 4) is 0 Å². The molecule has 1 aromatic heterocycles. The SMILES string of the molecule is CCC(CC)(CC)Nc1nc(C(=O)OC)ccc1N. The predicted molar refractivity (Wildman–Crippen MR) is 77.2 cm³/mol. The average molecular weight is 265 g/mol. The van der Waals surface area contributed by atoms with Gasteiger partial charge in [0.2, 0.25) is 0 Å². The summed E-state index contributed by atoms with van der Waals surface area (Å²) in [6, 6.07) is 3.24. The Balaban J connectivity index is 3.09. The number of nitrogens with one attached hydrogen (secondary N) is 1. The molecule has 0 aliphatic carbocycles. The van der Waals surface area contributed by atoms with Crippen LogP contribution < -0.4 is 11.1 Å². The molecule has 1 heterocycles. The Morgan fingerprint density at radius 1 is 1.32 bits per heavy atom. The molecule has 0 saturated carbocycles. The van der Waals surface area contributed by atoms with Crippen molar-refractivity contribution in [2.75, 3.05) is 18.2 Å². The number of carbonyl (C=O) groups is 1. The summed E-state index contributed by atoms with van der Waals surface area (Å²) >= 11 is 0. The van der Waals surface area contributed by atoms with Crippen LogP contribution in [-0.4, -0.2) is 23.6 Å². The second kappa shape index (κ2) is 6.41. The molecule has 0 fully saturated rings. The van der Waals surface area contributed by atoms with E-state index in [0.717, 1.165) is 19.3 Å². The van der Waals surface area contributed by atoms with E-state index in [1.807, 2.05) is 0 Å². The van der Waals surface area contributed by atoms with Gasteiger partial charge in [0, 0.05) is 5.54 Å². The summed E-state index contributed by atoms with van der Waals surface area (Å²) in [5.74, 6) is 0.0894. The van der Waals surface area contributed by atoms with E-state index in [1.165, 1.54) is 7.11 Å². The predicted octanol–water partition coefficient (Wildman–Crippen LogP) is 2.83. The number of hydrogen-bond donors (Lipinski definition) is 2. The second-order valence-electron chi connectivity index (χ2n) is 4.59. The van der Waals surface area contributed by atoms with Crippen molar-refractivity contribution in [2.24, 2.45) is 0 Å². The molecule has 3 N–H and O–H groups in total. The molecule has 0 bridgehead atoms. The molecule has 0 radical (unpaired) electrons. The summed E-state index contributed by atoms with van der Waals surface area (Å²) < 4.78 is 4.67. The van der Waals surface area contributed by atoms with Gasteiger partial charge >= 0.3 is 5.97 Å². The number of nitrogens with zero attached hydrogens (tertiary/aromatic N) is 1. The molecule has 5 nitrogen and oxygen atoms in total. The molecule has 19 heavy (non-hydrogen) atoms. The minimum Gasteiger partial charge on any atom is -0.464 e. The number of ether oxygens (including phenoxy) is 1. The van der Waals surface area contributed by atoms with E-state index in [0.29, 0.717) is 11.5 Å². The average Bonchev–Trinajstić information content (AvgIpc) is 2.46. The third-order valence-electron chi connectivity index (χ3n) is 3.73. The van der Waals surface area contributed by atoms with Gasteiger partial charge in [-0.25, -0.2) is 9.78 Å². The van der Waals surface area contributed by atoms with Gasteiger partial charge in [-0.3, -0.25) is 0 Å². The van der Waals surface area contributed by atoms with Gasteiger partial charge in [0.05, 0.1) is 12.8 Å². The Kier molecular flexibility index (Phi) is 5.15. The Labute approximate surface area is 114 Å². The molecule has 0 atom stereocenters. The van der Waals surface area contributed by atoms with Crippen molar-refractivity contribution in [3.05, 3.63) is 17.8 Å². The largest absolute Gasteiger partial charge is 0.464 e. The quantitative estimate of drug-likeness (QED) is 0.773.